The van der Waals surface area contributed by atoms with Crippen molar-refractivity contribution >= 4 is 11.7 Å². The zero-order chi connectivity index (χ0) is 22.7. The molecule has 0 spiro atoms. The molecule has 2 aromatic rings. The first-order valence-electron chi connectivity index (χ1n) is 10.7. The first-order chi connectivity index (χ1) is 14.9. The maximum absolute atomic E-state index is 11.5. The summed E-state index contributed by atoms with van der Waals surface area (Å²) in [7, 11) is 3.17. The van der Waals surface area contributed by atoms with Gasteiger partial charge in [0.25, 0.3) is 0 Å². The van der Waals surface area contributed by atoms with Crippen LogP contribution in [-0.2, 0) is 11.2 Å². The monoisotopic (exact) mass is 427 g/mol. The second-order valence-electron chi connectivity index (χ2n) is 7.55. The van der Waals surface area contributed by atoms with E-state index in [9.17, 15) is 15.0 Å². The highest BCUT2D eigenvalue weighted by molar-refractivity contribution is 6.03. The number of aliphatic carboxylic acids is 1. The number of aryl methyl sites for hydroxylation is 1. The minimum Gasteiger partial charge on any atom is -0.493 e. The predicted molar refractivity (Wildman–Crippen MR) is 122 cm³/mol. The van der Waals surface area contributed by atoms with Crippen molar-refractivity contribution in [3.05, 3.63) is 59.7 Å². The third kappa shape index (κ3) is 7.10. The molecule has 2 aromatic carbocycles. The van der Waals surface area contributed by atoms with Gasteiger partial charge in [0.2, 0.25) is 0 Å². The van der Waals surface area contributed by atoms with E-state index in [-0.39, 0.29) is 12.8 Å². The Morgan fingerprint density at radius 3 is 2.42 bits per heavy atom. The van der Waals surface area contributed by atoms with Gasteiger partial charge in [0.15, 0.2) is 17.1 Å². The Kier molecular flexibility index (Phi) is 9.53. The molecular weight excluding hydrogens is 394 g/mol. The fraction of sp³-hybridized carbons (Fsp3) is 0.440. The van der Waals surface area contributed by atoms with Crippen LogP contribution in [0.4, 0.5) is 0 Å². The number of hydrogen-bond donors (Lipinski definition) is 2. The summed E-state index contributed by atoms with van der Waals surface area (Å²) in [6.07, 6.45) is 4.14. The summed E-state index contributed by atoms with van der Waals surface area (Å²) in [5.41, 5.74) is 0.698. The number of hydrogen-bond acceptors (Lipinski definition) is 5. The average Bonchev–Trinajstić information content (AvgIpc) is 2.80. The Morgan fingerprint density at radius 1 is 1.06 bits per heavy atom. The van der Waals surface area contributed by atoms with E-state index in [4.69, 9.17) is 9.47 Å². The largest absolute Gasteiger partial charge is 0.493 e. The van der Waals surface area contributed by atoms with Gasteiger partial charge in [-0.1, -0.05) is 37.3 Å². The number of aliphatic hydroxyl groups is 1. The van der Waals surface area contributed by atoms with Gasteiger partial charge in [0.05, 0.1) is 13.7 Å². The number of rotatable bonds is 13. The summed E-state index contributed by atoms with van der Waals surface area (Å²) in [4.78, 5) is 15.7. The number of carboxylic acid groups (broad SMARTS) is 1. The first-order valence-corrected chi connectivity index (χ1v) is 10.7. The second-order valence-corrected chi connectivity index (χ2v) is 7.55. The van der Waals surface area contributed by atoms with Crippen molar-refractivity contribution in [1.29, 1.82) is 0 Å². The van der Waals surface area contributed by atoms with Crippen LogP contribution in [0.3, 0.4) is 0 Å². The van der Waals surface area contributed by atoms with E-state index >= 15 is 0 Å². The molecule has 0 bridgehead atoms. The highest BCUT2D eigenvalue weighted by Gasteiger charge is 2.35. The van der Waals surface area contributed by atoms with Crippen molar-refractivity contribution in [3.63, 3.8) is 0 Å². The quantitative estimate of drug-likeness (QED) is 0.362. The lowest BCUT2D eigenvalue weighted by Gasteiger charge is -2.23. The lowest BCUT2D eigenvalue weighted by Crippen LogP contribution is -2.40. The van der Waals surface area contributed by atoms with E-state index in [0.29, 0.717) is 29.4 Å². The van der Waals surface area contributed by atoms with Gasteiger partial charge in [-0.3, -0.25) is 4.99 Å². The molecule has 2 rings (SSSR count). The number of aliphatic imine (C=N–C) groups is 1. The van der Waals surface area contributed by atoms with Crippen LogP contribution in [0.25, 0.3) is 0 Å². The van der Waals surface area contributed by atoms with Crippen molar-refractivity contribution in [3.8, 4) is 11.5 Å². The Morgan fingerprint density at radius 2 is 1.81 bits per heavy atom. The van der Waals surface area contributed by atoms with Gasteiger partial charge in [-0.15, -0.1) is 0 Å². The molecule has 0 aliphatic rings. The smallest absolute Gasteiger partial charge is 0.336 e. The van der Waals surface area contributed by atoms with Crippen molar-refractivity contribution in [1.82, 2.24) is 0 Å². The molecule has 31 heavy (non-hydrogen) atoms. The second kappa shape index (κ2) is 12.1. The summed E-state index contributed by atoms with van der Waals surface area (Å²) in [6, 6.07) is 15.8. The lowest BCUT2D eigenvalue weighted by molar-refractivity contribution is -0.157. The fourth-order valence-electron chi connectivity index (χ4n) is 3.34. The molecular formula is C25H33NO5. The molecule has 0 saturated heterocycles. The van der Waals surface area contributed by atoms with Crippen molar-refractivity contribution in [2.75, 3.05) is 20.8 Å². The van der Waals surface area contributed by atoms with Crippen LogP contribution in [0.2, 0.25) is 0 Å². The third-order valence-corrected chi connectivity index (χ3v) is 5.42. The zero-order valence-corrected chi connectivity index (χ0v) is 18.6. The van der Waals surface area contributed by atoms with Crippen molar-refractivity contribution in [2.24, 2.45) is 4.99 Å². The van der Waals surface area contributed by atoms with Crippen LogP contribution in [-0.4, -0.2) is 48.3 Å². The van der Waals surface area contributed by atoms with Crippen LogP contribution in [0.15, 0.2) is 53.5 Å². The highest BCUT2D eigenvalue weighted by atomic mass is 16.5. The molecule has 2 N–H and O–H groups in total. The van der Waals surface area contributed by atoms with Crippen LogP contribution in [0.5, 0.6) is 11.5 Å². The Hall–Kier alpha value is -2.86. The molecule has 6 heteroatoms. The minimum absolute atomic E-state index is 0.0827. The first kappa shape index (κ1) is 24.4. The molecule has 0 radical (unpaired) electrons. The van der Waals surface area contributed by atoms with E-state index in [1.807, 2.05) is 6.07 Å². The summed E-state index contributed by atoms with van der Waals surface area (Å²) in [6.45, 7) is 2.20. The van der Waals surface area contributed by atoms with Gasteiger partial charge in [-0.05, 0) is 61.4 Å². The highest BCUT2D eigenvalue weighted by Crippen LogP contribution is 2.30. The van der Waals surface area contributed by atoms with Gasteiger partial charge in [-0.25, -0.2) is 4.79 Å². The molecule has 1 atom stereocenters. The number of benzene rings is 2. The number of carboxylic acids is 1. The SMILES string of the molecule is CCC(O)(C/C(=N\C)c1ccc(OC)c(OCCCCCc2ccccc2)c1)C(=O)O. The van der Waals surface area contributed by atoms with E-state index in [2.05, 4.69) is 29.3 Å². The molecule has 1 unspecified atom stereocenters. The fourth-order valence-corrected chi connectivity index (χ4v) is 3.34. The summed E-state index contributed by atoms with van der Waals surface area (Å²) in [5, 5.41) is 19.8. The van der Waals surface area contributed by atoms with E-state index in [1.54, 1.807) is 39.3 Å². The molecule has 168 valence electrons. The standard InChI is InChI=1S/C25H33NO5/c1-4-25(29,24(27)28)18-21(26-2)20-14-15-22(30-3)23(17-20)31-16-10-6-9-13-19-11-7-5-8-12-19/h5,7-8,11-12,14-15,17,29H,4,6,9-10,13,16,18H2,1-3H3,(H,27,28)/b26-21+. The van der Waals surface area contributed by atoms with E-state index in [1.165, 1.54) is 5.56 Å². The molecule has 0 saturated carbocycles. The van der Waals surface area contributed by atoms with Crippen LogP contribution >= 0.6 is 0 Å². The summed E-state index contributed by atoms with van der Waals surface area (Å²) in [5.74, 6) is -0.0660. The predicted octanol–water partition coefficient (Wildman–Crippen LogP) is 4.52. The molecule has 0 aromatic heterocycles. The van der Waals surface area contributed by atoms with Gasteiger partial charge in [0.1, 0.15) is 0 Å². The molecule has 6 nitrogen and oxygen atoms in total. The topological polar surface area (TPSA) is 88.4 Å². The normalized spacial score (nSPS) is 13.5. The van der Waals surface area contributed by atoms with Crippen LogP contribution in [0, 0.1) is 0 Å². The number of nitrogens with zero attached hydrogens (tertiary/aromatic N) is 1. The van der Waals surface area contributed by atoms with Crippen molar-refractivity contribution < 1.29 is 24.5 Å². The third-order valence-electron chi connectivity index (χ3n) is 5.42. The van der Waals surface area contributed by atoms with Crippen molar-refractivity contribution in [2.45, 2.75) is 51.0 Å². The average molecular weight is 428 g/mol. The Bertz CT molecular complexity index is 865. The van der Waals surface area contributed by atoms with Gasteiger partial charge in [0, 0.05) is 19.2 Å². The number of carbonyl (C=O) groups is 1. The Balaban J connectivity index is 1.97. The molecule has 0 heterocycles. The number of unbranched alkanes of at least 4 members (excludes halogenated alkanes) is 2. The zero-order valence-electron chi connectivity index (χ0n) is 18.6. The maximum Gasteiger partial charge on any atom is 0.336 e. The minimum atomic E-state index is -1.85. The van der Waals surface area contributed by atoms with Crippen LogP contribution in [0.1, 0.15) is 50.2 Å². The Labute approximate surface area is 184 Å². The summed E-state index contributed by atoms with van der Waals surface area (Å²) < 4.78 is 11.4. The molecule has 0 fully saturated rings. The van der Waals surface area contributed by atoms with Gasteiger partial charge < -0.3 is 19.7 Å². The molecule has 0 amide bonds. The lowest BCUT2D eigenvalue weighted by atomic mass is 9.91. The summed E-state index contributed by atoms with van der Waals surface area (Å²) >= 11 is 0. The van der Waals surface area contributed by atoms with E-state index in [0.717, 1.165) is 25.7 Å². The molecule has 0 aliphatic carbocycles. The van der Waals surface area contributed by atoms with Crippen LogP contribution < -0.4 is 9.47 Å². The van der Waals surface area contributed by atoms with E-state index < -0.39 is 11.6 Å². The number of methoxy groups -OCH3 is 1. The van der Waals surface area contributed by atoms with Gasteiger partial charge >= 0.3 is 5.97 Å². The molecule has 0 aliphatic heterocycles. The maximum atomic E-state index is 11.5. The van der Waals surface area contributed by atoms with Gasteiger partial charge in [-0.2, -0.15) is 0 Å². The number of ether oxygens (including phenoxy) is 2.